The number of aryl methyl sites for hydroxylation is 1. The first-order valence-electron chi connectivity index (χ1n) is 6.38. The Morgan fingerprint density at radius 1 is 1.48 bits per heavy atom. The van der Waals surface area contributed by atoms with Crippen LogP contribution in [-0.2, 0) is 4.79 Å². The van der Waals surface area contributed by atoms with Gasteiger partial charge in [0.05, 0.1) is 12.2 Å². The fraction of sp³-hybridized carbons (Fsp3) is 0.214. The van der Waals surface area contributed by atoms with Crippen LogP contribution in [0.4, 0.5) is 11.5 Å². The summed E-state index contributed by atoms with van der Waals surface area (Å²) in [5.74, 6) is 0.263. The van der Waals surface area contributed by atoms with Crippen molar-refractivity contribution in [2.24, 2.45) is 0 Å². The molecule has 0 fully saturated rings. The molecule has 0 amide bonds. The largest absolute Gasteiger partial charge is 0.478 e. The van der Waals surface area contributed by atoms with E-state index in [-0.39, 0.29) is 12.1 Å². The van der Waals surface area contributed by atoms with Crippen LogP contribution in [0.2, 0.25) is 0 Å². The minimum absolute atomic E-state index is 0.0856. The van der Waals surface area contributed by atoms with Crippen molar-refractivity contribution >= 4 is 17.5 Å². The number of benzene rings is 1. The van der Waals surface area contributed by atoms with Gasteiger partial charge in [0, 0.05) is 6.07 Å². The highest BCUT2D eigenvalue weighted by Gasteiger charge is 2.31. The molecule has 1 aliphatic heterocycles. The van der Waals surface area contributed by atoms with E-state index in [0.717, 1.165) is 0 Å². The number of hydrogen-bond donors (Lipinski definition) is 2. The van der Waals surface area contributed by atoms with Crippen LogP contribution in [0.25, 0.3) is 0 Å². The van der Waals surface area contributed by atoms with Crippen LogP contribution in [0.3, 0.4) is 0 Å². The van der Waals surface area contributed by atoms with E-state index in [2.05, 4.69) is 9.97 Å². The Hall–Kier alpha value is -2.83. The van der Waals surface area contributed by atoms with Gasteiger partial charge in [0.2, 0.25) is 6.10 Å². The number of anilines is 2. The van der Waals surface area contributed by atoms with Crippen molar-refractivity contribution in [1.82, 2.24) is 9.97 Å². The van der Waals surface area contributed by atoms with Gasteiger partial charge >= 0.3 is 5.97 Å². The van der Waals surface area contributed by atoms with Crippen molar-refractivity contribution in [2.75, 3.05) is 11.4 Å². The molecule has 0 saturated heterocycles. The molecule has 0 saturated carbocycles. The topological polar surface area (TPSA) is 95.5 Å². The summed E-state index contributed by atoms with van der Waals surface area (Å²) in [7, 11) is 0. The number of hydrogen-bond acceptors (Lipinski definition) is 5. The molecule has 7 nitrogen and oxygen atoms in total. The van der Waals surface area contributed by atoms with Crippen LogP contribution >= 0.6 is 0 Å². The second kappa shape index (κ2) is 4.93. The Morgan fingerprint density at radius 3 is 2.95 bits per heavy atom. The lowest BCUT2D eigenvalue weighted by Gasteiger charge is -2.33. The Kier molecular flexibility index (Phi) is 3.09. The monoisotopic (exact) mass is 287 g/mol. The molecule has 2 aromatic rings. The van der Waals surface area contributed by atoms with Crippen LogP contribution in [0.5, 0.6) is 5.75 Å². The van der Waals surface area contributed by atoms with E-state index >= 15 is 0 Å². The number of carboxylic acid groups (broad SMARTS) is 1. The Labute approximate surface area is 119 Å². The van der Waals surface area contributed by atoms with E-state index in [9.17, 15) is 14.7 Å². The van der Waals surface area contributed by atoms with Crippen LogP contribution < -0.4 is 15.2 Å². The lowest BCUT2D eigenvalue weighted by Crippen LogP contribution is -2.42. The molecule has 108 valence electrons. The molecule has 1 atom stereocenters. The number of nitrogens with zero attached hydrogens (tertiary/aromatic N) is 2. The molecule has 2 N–H and O–H groups in total. The summed E-state index contributed by atoms with van der Waals surface area (Å²) in [5.41, 5.74) is 0.404. The summed E-state index contributed by atoms with van der Waals surface area (Å²) in [5, 5.41) is 9.20. The molecule has 1 aliphatic rings. The number of carboxylic acids is 1. The first kappa shape index (κ1) is 13.2. The molecular formula is C14H13N3O4. The molecule has 1 unspecified atom stereocenters. The van der Waals surface area contributed by atoms with Crippen molar-refractivity contribution in [3.8, 4) is 5.75 Å². The maximum Gasteiger partial charge on any atom is 0.346 e. The van der Waals surface area contributed by atoms with E-state index in [1.807, 2.05) is 6.07 Å². The van der Waals surface area contributed by atoms with Crippen LogP contribution in [0.1, 0.15) is 5.82 Å². The number of fused-ring (bicyclic) bond motifs is 1. The SMILES string of the molecule is Cc1nc(N2CC(C(=O)O)Oc3ccccc32)cc(=O)[nH]1. The Balaban J connectivity index is 2.11. The van der Waals surface area contributed by atoms with Gasteiger partial charge in [-0.15, -0.1) is 0 Å². The highest BCUT2D eigenvalue weighted by Crippen LogP contribution is 2.36. The Morgan fingerprint density at radius 2 is 2.24 bits per heavy atom. The fourth-order valence-corrected chi connectivity index (χ4v) is 2.28. The summed E-state index contributed by atoms with van der Waals surface area (Å²) in [6.45, 7) is 1.76. The summed E-state index contributed by atoms with van der Waals surface area (Å²) >= 11 is 0. The molecule has 1 aromatic heterocycles. The third kappa shape index (κ3) is 2.45. The van der Waals surface area contributed by atoms with E-state index in [4.69, 9.17) is 4.74 Å². The minimum Gasteiger partial charge on any atom is -0.478 e. The second-order valence-corrected chi connectivity index (χ2v) is 4.71. The molecule has 0 spiro atoms. The number of aromatic amines is 1. The van der Waals surface area contributed by atoms with Crippen molar-refractivity contribution in [3.63, 3.8) is 0 Å². The van der Waals surface area contributed by atoms with Gasteiger partial charge in [0.15, 0.2) is 0 Å². The first-order valence-corrected chi connectivity index (χ1v) is 6.38. The molecule has 0 bridgehead atoms. The van der Waals surface area contributed by atoms with E-state index in [1.54, 1.807) is 30.0 Å². The minimum atomic E-state index is -1.06. The zero-order valence-corrected chi connectivity index (χ0v) is 11.2. The van der Waals surface area contributed by atoms with Gasteiger partial charge in [0.1, 0.15) is 17.4 Å². The molecule has 7 heteroatoms. The smallest absolute Gasteiger partial charge is 0.346 e. The van der Waals surface area contributed by atoms with Gasteiger partial charge < -0.3 is 19.7 Å². The summed E-state index contributed by atoms with van der Waals surface area (Å²) in [6.07, 6.45) is -1.01. The summed E-state index contributed by atoms with van der Waals surface area (Å²) < 4.78 is 5.45. The summed E-state index contributed by atoms with van der Waals surface area (Å²) in [6, 6.07) is 8.41. The lowest BCUT2D eigenvalue weighted by atomic mass is 10.2. The van der Waals surface area contributed by atoms with Gasteiger partial charge in [-0.1, -0.05) is 12.1 Å². The molecule has 1 aromatic carbocycles. The van der Waals surface area contributed by atoms with Crippen molar-refractivity contribution < 1.29 is 14.6 Å². The average Bonchev–Trinajstić information content (AvgIpc) is 2.45. The zero-order valence-electron chi connectivity index (χ0n) is 11.2. The summed E-state index contributed by atoms with van der Waals surface area (Å²) in [4.78, 5) is 31.4. The second-order valence-electron chi connectivity index (χ2n) is 4.71. The predicted octanol–water partition coefficient (Wildman–Crippen LogP) is 1.06. The number of aromatic nitrogens is 2. The van der Waals surface area contributed by atoms with E-state index in [1.165, 1.54) is 6.07 Å². The van der Waals surface area contributed by atoms with Gasteiger partial charge in [-0.25, -0.2) is 9.78 Å². The zero-order chi connectivity index (χ0) is 15.0. The number of nitrogens with one attached hydrogen (secondary N) is 1. The number of rotatable bonds is 2. The first-order chi connectivity index (χ1) is 10.0. The molecule has 2 heterocycles. The van der Waals surface area contributed by atoms with Crippen LogP contribution in [-0.4, -0.2) is 33.7 Å². The normalized spacial score (nSPS) is 17.0. The molecule has 0 aliphatic carbocycles. The van der Waals surface area contributed by atoms with Gasteiger partial charge in [0.25, 0.3) is 5.56 Å². The van der Waals surface area contributed by atoms with Crippen molar-refractivity contribution in [3.05, 3.63) is 46.5 Å². The maximum absolute atomic E-state index is 11.6. The lowest BCUT2D eigenvalue weighted by molar-refractivity contribution is -0.144. The van der Waals surface area contributed by atoms with Crippen molar-refractivity contribution in [2.45, 2.75) is 13.0 Å². The quantitative estimate of drug-likeness (QED) is 0.857. The fourth-order valence-electron chi connectivity index (χ4n) is 2.28. The third-order valence-electron chi connectivity index (χ3n) is 3.17. The molecule has 21 heavy (non-hydrogen) atoms. The van der Waals surface area contributed by atoms with Crippen LogP contribution in [0.15, 0.2) is 35.1 Å². The molecule has 3 rings (SSSR count). The maximum atomic E-state index is 11.6. The van der Waals surface area contributed by atoms with Crippen molar-refractivity contribution in [1.29, 1.82) is 0 Å². The number of ether oxygens (including phenoxy) is 1. The average molecular weight is 287 g/mol. The molecular weight excluding hydrogens is 274 g/mol. The number of para-hydroxylation sites is 2. The number of H-pyrrole nitrogens is 1. The van der Waals surface area contributed by atoms with Crippen LogP contribution in [0, 0.1) is 6.92 Å². The highest BCUT2D eigenvalue weighted by molar-refractivity contribution is 5.78. The number of carbonyl (C=O) groups is 1. The van der Waals surface area contributed by atoms with Gasteiger partial charge in [-0.3, -0.25) is 4.79 Å². The highest BCUT2D eigenvalue weighted by atomic mass is 16.5. The molecule has 0 radical (unpaired) electrons. The van der Waals surface area contributed by atoms with E-state index < -0.39 is 12.1 Å². The Bertz CT molecular complexity index is 756. The van der Waals surface area contributed by atoms with Gasteiger partial charge in [-0.05, 0) is 19.1 Å². The predicted molar refractivity (Wildman–Crippen MR) is 75.1 cm³/mol. The third-order valence-corrected chi connectivity index (χ3v) is 3.17. The number of aliphatic carboxylic acids is 1. The standard InChI is InChI=1S/C14H13N3O4/c1-8-15-12(6-13(18)16-8)17-7-11(14(19)20)21-10-5-3-2-4-9(10)17/h2-6,11H,7H2,1H3,(H,19,20)(H,15,16,18). The van der Waals surface area contributed by atoms with Gasteiger partial charge in [-0.2, -0.15) is 0 Å². The van der Waals surface area contributed by atoms with E-state index in [0.29, 0.717) is 23.1 Å².